The van der Waals surface area contributed by atoms with Crippen molar-refractivity contribution in [3.8, 4) is 67.3 Å². The van der Waals surface area contributed by atoms with Gasteiger partial charge in [-0.3, -0.25) is 0 Å². The van der Waals surface area contributed by atoms with E-state index in [1.54, 1.807) is 0 Å². The summed E-state index contributed by atoms with van der Waals surface area (Å²) in [5, 5.41) is 0. The van der Waals surface area contributed by atoms with Crippen LogP contribution < -0.4 is 9.80 Å². The summed E-state index contributed by atoms with van der Waals surface area (Å²) in [6.45, 7) is 0. The van der Waals surface area contributed by atoms with Crippen molar-refractivity contribution in [3.63, 3.8) is 0 Å². The molecular formula is C96H64N8. The maximum Gasteiger partial charge on any atom is 0.137 e. The first-order valence-electron chi connectivity index (χ1n) is 35.4. The molecule has 20 rings (SSSR count). The molecule has 0 saturated carbocycles. The Morgan fingerprint density at radius 3 is 0.875 bits per heavy atom. The Morgan fingerprint density at radius 2 is 0.519 bits per heavy atom. The lowest BCUT2D eigenvalue weighted by Gasteiger charge is -2.35. The molecule has 0 radical (unpaired) electrons. The van der Waals surface area contributed by atoms with Crippen LogP contribution in [0.15, 0.2) is 389 Å². The van der Waals surface area contributed by atoms with Crippen molar-refractivity contribution in [1.82, 2.24) is 28.7 Å². The largest absolute Gasteiger partial charge is 0.310 e. The van der Waals surface area contributed by atoms with Gasteiger partial charge in [-0.25, -0.2) is 19.9 Å². The number of benzene rings is 13. The van der Waals surface area contributed by atoms with Crippen LogP contribution in [0.1, 0.15) is 44.5 Å². The Labute approximate surface area is 602 Å². The molecule has 0 amide bonds. The second-order valence-electron chi connectivity index (χ2n) is 27.0. The zero-order valence-electron chi connectivity index (χ0n) is 56.5. The van der Waals surface area contributed by atoms with Crippen LogP contribution in [0.3, 0.4) is 0 Å². The van der Waals surface area contributed by atoms with Crippen LogP contribution in [-0.4, -0.2) is 28.7 Å². The first-order valence-corrected chi connectivity index (χ1v) is 35.4. The molecule has 18 aromatic rings. The van der Waals surface area contributed by atoms with Crippen LogP contribution >= 0.6 is 0 Å². The molecule has 2 aliphatic carbocycles. The van der Waals surface area contributed by atoms with Crippen LogP contribution in [-0.2, 0) is 10.8 Å². The highest BCUT2D eigenvalue weighted by Crippen LogP contribution is 2.60. The Hall–Kier alpha value is -13.8. The summed E-state index contributed by atoms with van der Waals surface area (Å²) in [6, 6.07) is 132. The number of imidazole rings is 2. The lowest BCUT2D eigenvalue weighted by Crippen LogP contribution is -2.28. The number of aromatic nitrogens is 6. The minimum Gasteiger partial charge on any atom is -0.310 e. The fourth-order valence-corrected chi connectivity index (χ4v) is 16.7. The molecular weight excluding hydrogens is 1270 g/mol. The van der Waals surface area contributed by atoms with Gasteiger partial charge < -0.3 is 18.6 Å². The SMILES string of the molecule is c1ccc(N(c2ccc(-c3nc4ccccc4nc3-c3ccc(N(c4ccccc4)c4ccc5c(c4)C(c4ccccc4)(c4ccccc4)c4cc(-c6cn7ccccc7n6)ccc4-5)cc3)cc2)c2ccc3c(c2)C(c2ccccc2)(c2ccccc2)c2cc(-c4cn5ccccc5n4)ccc2-3)cc1. The Balaban J connectivity index is 0.689. The van der Waals surface area contributed by atoms with Gasteiger partial charge in [0.05, 0.1) is 44.6 Å². The van der Waals surface area contributed by atoms with E-state index < -0.39 is 10.8 Å². The number of fused-ring (bicyclic) bond motifs is 9. The molecule has 0 spiro atoms. The first kappa shape index (κ1) is 60.2. The van der Waals surface area contributed by atoms with Gasteiger partial charge in [0.25, 0.3) is 0 Å². The predicted molar refractivity (Wildman–Crippen MR) is 423 cm³/mol. The second kappa shape index (κ2) is 24.5. The van der Waals surface area contributed by atoms with Crippen LogP contribution in [0, 0.1) is 0 Å². The minimum atomic E-state index is -0.676. The molecule has 8 nitrogen and oxygen atoms in total. The van der Waals surface area contributed by atoms with Gasteiger partial charge in [0.2, 0.25) is 0 Å². The Kier molecular flexibility index (Phi) is 14.2. The van der Waals surface area contributed by atoms with E-state index in [0.29, 0.717) is 0 Å². The van der Waals surface area contributed by atoms with Gasteiger partial charge in [-0.05, 0) is 188 Å². The number of pyridine rings is 2. The van der Waals surface area contributed by atoms with E-state index in [4.69, 9.17) is 19.9 Å². The number of nitrogens with zero attached hydrogens (tertiary/aromatic N) is 8. The zero-order chi connectivity index (χ0) is 68.7. The summed E-state index contributed by atoms with van der Waals surface area (Å²) >= 11 is 0. The van der Waals surface area contributed by atoms with Gasteiger partial charge in [0.15, 0.2) is 0 Å². The molecule has 8 heteroatoms. The van der Waals surface area contributed by atoms with Gasteiger partial charge in [-0.2, -0.15) is 0 Å². The average molecular weight is 1330 g/mol. The predicted octanol–water partition coefficient (Wildman–Crippen LogP) is 23.3. The second-order valence-corrected chi connectivity index (χ2v) is 27.0. The van der Waals surface area contributed by atoms with Gasteiger partial charge >= 0.3 is 0 Å². The molecule has 2 aliphatic rings. The first-order chi connectivity index (χ1) is 51.5. The van der Waals surface area contributed by atoms with Crippen LogP contribution in [0.4, 0.5) is 34.1 Å². The minimum absolute atomic E-state index is 0.676. The van der Waals surface area contributed by atoms with Crippen LogP contribution in [0.2, 0.25) is 0 Å². The smallest absolute Gasteiger partial charge is 0.137 e. The van der Waals surface area contributed by atoms with Crippen molar-refractivity contribution in [2.24, 2.45) is 0 Å². The highest BCUT2D eigenvalue weighted by Gasteiger charge is 2.48. The monoisotopic (exact) mass is 1330 g/mol. The normalized spacial score (nSPS) is 13.0. The number of para-hydroxylation sites is 4. The molecule has 0 atom stereocenters. The van der Waals surface area contributed by atoms with Crippen molar-refractivity contribution in [2.45, 2.75) is 10.8 Å². The average Bonchev–Trinajstić information content (AvgIpc) is 1.54. The van der Waals surface area contributed by atoms with Crippen LogP contribution in [0.25, 0.3) is 89.6 Å². The molecule has 104 heavy (non-hydrogen) atoms. The van der Waals surface area contributed by atoms with E-state index >= 15 is 0 Å². The summed E-state index contributed by atoms with van der Waals surface area (Å²) in [5.41, 5.74) is 30.2. The number of rotatable bonds is 14. The Morgan fingerprint density at radius 1 is 0.231 bits per heavy atom. The summed E-state index contributed by atoms with van der Waals surface area (Å²) in [7, 11) is 0. The molecule has 0 bridgehead atoms. The molecule has 0 fully saturated rings. The van der Waals surface area contributed by atoms with Crippen molar-refractivity contribution in [2.75, 3.05) is 9.80 Å². The lowest BCUT2D eigenvalue weighted by molar-refractivity contribution is 0.768. The molecule has 5 heterocycles. The van der Waals surface area contributed by atoms with E-state index in [0.717, 1.165) is 101 Å². The van der Waals surface area contributed by atoms with Gasteiger partial charge in [-0.15, -0.1) is 0 Å². The molecule has 5 aromatic heterocycles. The summed E-state index contributed by atoms with van der Waals surface area (Å²) in [6.07, 6.45) is 8.39. The molecule has 488 valence electrons. The number of hydrogen-bond donors (Lipinski definition) is 0. The van der Waals surface area contributed by atoms with E-state index in [1.807, 2.05) is 36.4 Å². The maximum atomic E-state index is 5.48. The van der Waals surface area contributed by atoms with Gasteiger partial charge in [0.1, 0.15) is 11.3 Å². The zero-order valence-corrected chi connectivity index (χ0v) is 56.5. The molecule has 0 saturated heterocycles. The topological polar surface area (TPSA) is 66.9 Å². The summed E-state index contributed by atoms with van der Waals surface area (Å²) < 4.78 is 4.19. The van der Waals surface area contributed by atoms with E-state index in [2.05, 4.69) is 371 Å². The quantitative estimate of drug-likeness (QED) is 0.108. The highest BCUT2D eigenvalue weighted by molar-refractivity contribution is 5.95. The van der Waals surface area contributed by atoms with Crippen molar-refractivity contribution in [1.29, 1.82) is 0 Å². The molecule has 0 N–H and O–H groups in total. The van der Waals surface area contributed by atoms with Crippen molar-refractivity contribution in [3.05, 3.63) is 433 Å². The third-order valence-corrected chi connectivity index (χ3v) is 21.3. The number of anilines is 6. The summed E-state index contributed by atoms with van der Waals surface area (Å²) in [5.74, 6) is 0. The van der Waals surface area contributed by atoms with Gasteiger partial charge in [-0.1, -0.05) is 243 Å². The van der Waals surface area contributed by atoms with Crippen LogP contribution in [0.5, 0.6) is 0 Å². The highest BCUT2D eigenvalue weighted by atomic mass is 15.1. The standard InChI is InChI=1S/C96H64N8/c1-7-25-69(26-8-1)95(70-27-9-2-10-28-70)83-59-67(89-63-101-57-23-21-39-91(101)97-89)45-53-79(83)81-55-51-77(61-85(81)95)103(73-33-15-5-16-34-73)75-47-41-65(42-48-75)93-94(100-88-38-20-19-37-87(88)99-93)66-43-49-76(50-44-66)104(74-35-17-6-18-36-74)78-52-56-82-80-54-46-68(90-64-102-58-24-22-40-92(102)98-90)60-84(80)96(86(82)62-78,71-29-11-3-12-30-71)72-31-13-4-14-32-72/h1-64H. The van der Waals surface area contributed by atoms with E-state index in [1.165, 1.54) is 66.8 Å². The molecule has 0 unspecified atom stereocenters. The fraction of sp³-hybridized carbons (Fsp3) is 0.0208. The maximum absolute atomic E-state index is 5.48. The third kappa shape index (κ3) is 9.68. The van der Waals surface area contributed by atoms with Gasteiger partial charge in [0, 0.05) is 81.2 Å². The molecule has 13 aromatic carbocycles. The lowest BCUT2D eigenvalue weighted by atomic mass is 9.67. The summed E-state index contributed by atoms with van der Waals surface area (Å²) in [4.78, 5) is 26.0. The van der Waals surface area contributed by atoms with Crippen molar-refractivity contribution >= 4 is 56.5 Å². The van der Waals surface area contributed by atoms with E-state index in [-0.39, 0.29) is 0 Å². The Bertz CT molecular complexity index is 5750. The van der Waals surface area contributed by atoms with Crippen molar-refractivity contribution < 1.29 is 0 Å². The third-order valence-electron chi connectivity index (χ3n) is 21.3. The van der Waals surface area contributed by atoms with E-state index in [9.17, 15) is 0 Å². The number of hydrogen-bond acceptors (Lipinski definition) is 6. The fourth-order valence-electron chi connectivity index (χ4n) is 16.7. The molecule has 0 aliphatic heterocycles.